The number of aryl methyl sites for hydroxylation is 2. The Balaban J connectivity index is 0.000000220. The number of hydrogen-bond acceptors (Lipinski definition) is 5. The molecule has 1 atom stereocenters. The summed E-state index contributed by atoms with van der Waals surface area (Å²) in [6.45, 7) is 5.22. The molecule has 0 spiro atoms. The number of para-hydroxylation sites is 1. The molecular formula is C25H33Cl2N3OS. The number of nitrogens with zero attached hydrogens (tertiary/aromatic N) is 1. The van der Waals surface area contributed by atoms with E-state index in [1.165, 1.54) is 29.0 Å². The van der Waals surface area contributed by atoms with Gasteiger partial charge >= 0.3 is 0 Å². The highest BCUT2D eigenvalue weighted by Gasteiger charge is 2.41. The number of carbonyl (C=O) groups excluding carboxylic acids is 1. The number of Topliss-reactive ketones (excluding diaryl/α,β-unsaturated/α-hetero) is 1. The largest absolute Gasteiger partial charge is 0.335 e. The van der Waals surface area contributed by atoms with E-state index in [4.69, 9.17) is 11.6 Å². The van der Waals surface area contributed by atoms with Crippen LogP contribution in [0.15, 0.2) is 47.5 Å². The molecule has 32 heavy (non-hydrogen) atoms. The van der Waals surface area contributed by atoms with Crippen molar-refractivity contribution < 1.29 is 4.79 Å². The molecule has 0 radical (unpaired) electrons. The Bertz CT molecular complexity index is 930. The average Bonchev–Trinajstić information content (AvgIpc) is 2.79. The van der Waals surface area contributed by atoms with Crippen LogP contribution in [0.2, 0.25) is 5.02 Å². The van der Waals surface area contributed by atoms with Crippen LogP contribution in [0.5, 0.6) is 0 Å². The van der Waals surface area contributed by atoms with Gasteiger partial charge in [-0.2, -0.15) is 0 Å². The van der Waals surface area contributed by atoms with E-state index < -0.39 is 5.54 Å². The predicted molar refractivity (Wildman–Crippen MR) is 142 cm³/mol. The Morgan fingerprint density at radius 1 is 1.03 bits per heavy atom. The van der Waals surface area contributed by atoms with Gasteiger partial charge in [-0.15, -0.1) is 12.4 Å². The highest BCUT2D eigenvalue weighted by Crippen LogP contribution is 2.37. The molecule has 1 unspecified atom stereocenters. The summed E-state index contributed by atoms with van der Waals surface area (Å²) in [5.74, 6) is 1.44. The number of rotatable bonds is 3. The van der Waals surface area contributed by atoms with Crippen LogP contribution in [0.4, 0.5) is 5.69 Å². The maximum atomic E-state index is 12.2. The molecule has 4 nitrogen and oxygen atoms in total. The minimum atomic E-state index is -0.559. The quantitative estimate of drug-likeness (QED) is 0.510. The van der Waals surface area contributed by atoms with Crippen molar-refractivity contribution in [2.24, 2.45) is 4.99 Å². The van der Waals surface area contributed by atoms with Gasteiger partial charge in [0, 0.05) is 29.4 Å². The molecule has 1 aliphatic carbocycles. The minimum Gasteiger partial charge on any atom is -0.335 e. The number of hydrogen-bond donors (Lipinski definition) is 2. The molecule has 0 amide bonds. The zero-order valence-electron chi connectivity index (χ0n) is 19.0. The van der Waals surface area contributed by atoms with E-state index in [9.17, 15) is 4.79 Å². The third-order valence-electron chi connectivity index (χ3n) is 5.95. The molecule has 174 valence electrons. The molecular weight excluding hydrogens is 461 g/mol. The summed E-state index contributed by atoms with van der Waals surface area (Å²) in [5.41, 5.74) is 4.14. The van der Waals surface area contributed by atoms with E-state index in [0.717, 1.165) is 36.5 Å². The van der Waals surface area contributed by atoms with Gasteiger partial charge in [0.05, 0.1) is 0 Å². The number of likely N-dealkylation sites (N-methyl/N-ethyl adjacent to an activating group) is 1. The fraction of sp³-hybridized carbons (Fsp3) is 0.440. The molecule has 2 N–H and O–H groups in total. The van der Waals surface area contributed by atoms with E-state index in [0.29, 0.717) is 11.4 Å². The van der Waals surface area contributed by atoms with Crippen LogP contribution in [-0.2, 0) is 10.3 Å². The Labute approximate surface area is 207 Å². The van der Waals surface area contributed by atoms with Gasteiger partial charge in [0.1, 0.15) is 5.54 Å². The number of carbonyl (C=O) groups is 1. The number of benzene rings is 2. The first-order valence-corrected chi connectivity index (χ1v) is 12.3. The topological polar surface area (TPSA) is 53.5 Å². The molecule has 7 heteroatoms. The van der Waals surface area contributed by atoms with Crippen molar-refractivity contribution in [1.29, 1.82) is 0 Å². The van der Waals surface area contributed by atoms with Crippen molar-refractivity contribution in [2.75, 3.05) is 24.7 Å². The monoisotopic (exact) mass is 493 g/mol. The lowest BCUT2D eigenvalue weighted by molar-refractivity contribution is -0.127. The van der Waals surface area contributed by atoms with E-state index in [1.54, 1.807) is 0 Å². The fourth-order valence-electron chi connectivity index (χ4n) is 4.17. The second-order valence-corrected chi connectivity index (χ2v) is 9.54. The molecule has 0 bridgehead atoms. The fourth-order valence-corrected chi connectivity index (χ4v) is 5.29. The number of amidine groups is 1. The first-order chi connectivity index (χ1) is 15.0. The first-order valence-electron chi connectivity index (χ1n) is 11.0. The van der Waals surface area contributed by atoms with Gasteiger partial charge in [-0.05, 0) is 62.9 Å². The second kappa shape index (κ2) is 12.6. The molecule has 2 aliphatic rings. The lowest BCUT2D eigenvalue weighted by atomic mass is 9.75. The number of anilines is 1. The second-order valence-electron chi connectivity index (χ2n) is 8.05. The van der Waals surface area contributed by atoms with Crippen molar-refractivity contribution in [3.8, 4) is 0 Å². The van der Waals surface area contributed by atoms with Crippen LogP contribution in [-0.4, -0.2) is 30.3 Å². The number of halogens is 2. The third-order valence-corrected chi connectivity index (χ3v) is 7.28. The molecule has 2 aromatic rings. The molecule has 1 saturated carbocycles. The number of nitrogens with one attached hydrogen (secondary N) is 2. The van der Waals surface area contributed by atoms with Gasteiger partial charge in [0.15, 0.2) is 11.0 Å². The summed E-state index contributed by atoms with van der Waals surface area (Å²) >= 11 is 8.01. The van der Waals surface area contributed by atoms with Crippen molar-refractivity contribution in [2.45, 2.75) is 51.5 Å². The van der Waals surface area contributed by atoms with Gasteiger partial charge in [-0.3, -0.25) is 9.79 Å². The smallest absolute Gasteiger partial charge is 0.161 e. The minimum absolute atomic E-state index is 0. The maximum absolute atomic E-state index is 12.2. The summed E-state index contributed by atoms with van der Waals surface area (Å²) in [4.78, 5) is 16.7. The van der Waals surface area contributed by atoms with Crippen molar-refractivity contribution in [3.63, 3.8) is 0 Å². The van der Waals surface area contributed by atoms with E-state index in [2.05, 4.69) is 47.7 Å². The number of ketones is 1. The van der Waals surface area contributed by atoms with Crippen molar-refractivity contribution >= 4 is 52.4 Å². The Kier molecular flexibility index (Phi) is 10.6. The van der Waals surface area contributed by atoms with E-state index in [-0.39, 0.29) is 18.2 Å². The zero-order chi connectivity index (χ0) is 22.3. The maximum Gasteiger partial charge on any atom is 0.161 e. The summed E-state index contributed by atoms with van der Waals surface area (Å²) in [5, 5.41) is 8.36. The lowest BCUT2D eigenvalue weighted by Crippen LogP contribution is -2.49. The number of aliphatic imine (C=N–C) groups is 1. The molecule has 1 fully saturated rings. The van der Waals surface area contributed by atoms with Crippen molar-refractivity contribution in [3.05, 3.63) is 64.2 Å². The SMILES string of the molecule is CNC1(c2ccccc2Cl)CCCCC1=O.Cc1cccc(C)c1NC1=NCCCS1.Cl. The van der Waals surface area contributed by atoms with Crippen LogP contribution in [0.3, 0.4) is 0 Å². The van der Waals surface area contributed by atoms with Crippen LogP contribution in [0.25, 0.3) is 0 Å². The van der Waals surface area contributed by atoms with Gasteiger partial charge < -0.3 is 10.6 Å². The Morgan fingerprint density at radius 3 is 2.34 bits per heavy atom. The van der Waals surface area contributed by atoms with Gasteiger partial charge in [-0.25, -0.2) is 0 Å². The first kappa shape index (κ1) is 26.7. The molecule has 1 heterocycles. The van der Waals surface area contributed by atoms with Gasteiger partial charge in [0.2, 0.25) is 0 Å². The number of thioether (sulfide) groups is 1. The summed E-state index contributed by atoms with van der Waals surface area (Å²) in [6.07, 6.45) is 4.74. The molecule has 2 aromatic carbocycles. The molecule has 4 rings (SSSR count). The van der Waals surface area contributed by atoms with Crippen LogP contribution in [0.1, 0.15) is 48.8 Å². The van der Waals surface area contributed by atoms with Crippen LogP contribution >= 0.6 is 35.8 Å². The van der Waals surface area contributed by atoms with Crippen molar-refractivity contribution in [1.82, 2.24) is 5.32 Å². The Hall–Kier alpha value is -1.53. The van der Waals surface area contributed by atoms with Gasteiger partial charge in [-0.1, -0.05) is 66.2 Å². The predicted octanol–water partition coefficient (Wildman–Crippen LogP) is 6.53. The van der Waals surface area contributed by atoms with E-state index in [1.807, 2.05) is 43.1 Å². The standard InChI is InChI=1S/C13H16ClNO.C12H16N2S.ClH/c1-15-13(9-5-4-8-12(13)16)10-6-2-3-7-11(10)14;1-9-5-3-6-10(2)11(9)14-12-13-7-4-8-15-12;/h2-3,6-7,15H,4-5,8-9H2,1H3;3,5-6H,4,7-8H2,1-2H3,(H,13,14);1H. The highest BCUT2D eigenvalue weighted by molar-refractivity contribution is 8.14. The summed E-state index contributed by atoms with van der Waals surface area (Å²) in [6, 6.07) is 14.0. The molecule has 0 saturated heterocycles. The van der Waals surface area contributed by atoms with E-state index >= 15 is 0 Å². The Morgan fingerprint density at radius 2 is 1.75 bits per heavy atom. The zero-order valence-corrected chi connectivity index (χ0v) is 21.4. The highest BCUT2D eigenvalue weighted by atomic mass is 35.5. The normalized spacial score (nSPS) is 20.4. The average molecular weight is 495 g/mol. The lowest BCUT2D eigenvalue weighted by Gasteiger charge is -2.36. The van der Waals surface area contributed by atoms with Crippen LogP contribution in [0, 0.1) is 13.8 Å². The molecule has 0 aromatic heterocycles. The molecule has 1 aliphatic heterocycles. The van der Waals surface area contributed by atoms with Crippen LogP contribution < -0.4 is 10.6 Å². The third kappa shape index (κ3) is 6.28. The van der Waals surface area contributed by atoms with Gasteiger partial charge in [0.25, 0.3) is 0 Å². The summed E-state index contributed by atoms with van der Waals surface area (Å²) in [7, 11) is 1.84. The summed E-state index contributed by atoms with van der Waals surface area (Å²) < 4.78 is 0.